The molecule has 0 saturated carbocycles. The van der Waals surface area contributed by atoms with E-state index >= 15 is 0 Å². The normalized spacial score (nSPS) is 15.1. The van der Waals surface area contributed by atoms with Crippen molar-refractivity contribution in [1.29, 1.82) is 5.26 Å². The van der Waals surface area contributed by atoms with Crippen LogP contribution >= 0.6 is 0 Å². The highest BCUT2D eigenvalue weighted by Crippen LogP contribution is 2.36. The average molecular weight is 391 g/mol. The Balaban J connectivity index is 1.87. The number of carbonyl (C=O) groups excluding carboxylic acids is 2. The Morgan fingerprint density at radius 3 is 2.69 bits per heavy atom. The number of nitrogens with zero attached hydrogens (tertiary/aromatic N) is 1. The summed E-state index contributed by atoms with van der Waals surface area (Å²) in [6.07, 6.45) is 2.27. The van der Waals surface area contributed by atoms with Crippen molar-refractivity contribution in [1.82, 2.24) is 0 Å². The monoisotopic (exact) mass is 391 g/mol. The Labute approximate surface area is 168 Å². The van der Waals surface area contributed by atoms with E-state index in [1.54, 1.807) is 6.07 Å². The molecule has 1 heterocycles. The van der Waals surface area contributed by atoms with Gasteiger partial charge in [-0.25, -0.2) is 0 Å². The van der Waals surface area contributed by atoms with E-state index in [0.29, 0.717) is 29.4 Å². The van der Waals surface area contributed by atoms with Crippen LogP contribution in [0.5, 0.6) is 11.5 Å². The molecule has 1 atom stereocenters. The second-order valence-corrected chi connectivity index (χ2v) is 6.55. The van der Waals surface area contributed by atoms with Crippen molar-refractivity contribution in [2.24, 2.45) is 0 Å². The number of hydrogen-bond donors (Lipinski definition) is 1. The highest BCUT2D eigenvalue weighted by atomic mass is 16.5. The van der Waals surface area contributed by atoms with E-state index in [1.165, 1.54) is 30.3 Å². The van der Waals surface area contributed by atoms with Gasteiger partial charge in [-0.3, -0.25) is 4.79 Å². The summed E-state index contributed by atoms with van der Waals surface area (Å²) in [5.74, 6) is -0.645. The van der Waals surface area contributed by atoms with Crippen LogP contribution in [-0.4, -0.2) is 24.6 Å². The highest BCUT2D eigenvalue weighted by Gasteiger charge is 2.22. The molecule has 0 aromatic heterocycles. The van der Waals surface area contributed by atoms with Gasteiger partial charge in [-0.2, -0.15) is 5.26 Å². The smallest absolute Gasteiger partial charge is 0.266 e. The van der Waals surface area contributed by atoms with Crippen molar-refractivity contribution in [3.05, 3.63) is 58.7 Å². The average Bonchev–Trinajstić information content (AvgIpc) is 3.05. The van der Waals surface area contributed by atoms with Gasteiger partial charge in [-0.1, -0.05) is 12.1 Å². The van der Waals surface area contributed by atoms with Crippen LogP contribution in [0.1, 0.15) is 35.3 Å². The zero-order chi connectivity index (χ0) is 21.0. The molecule has 0 saturated heterocycles. The summed E-state index contributed by atoms with van der Waals surface area (Å²) < 4.78 is 11.4. The number of carbonyl (C=O) groups is 2. The number of fused-ring (bicyclic) bond motifs is 1. The molecule has 1 amide bonds. The lowest BCUT2D eigenvalue weighted by molar-refractivity contribution is -0.255. The largest absolute Gasteiger partial charge is 0.545 e. The van der Waals surface area contributed by atoms with Crippen LogP contribution in [0.3, 0.4) is 0 Å². The molecule has 0 bridgehead atoms. The van der Waals surface area contributed by atoms with Gasteiger partial charge in [0.1, 0.15) is 29.2 Å². The number of ether oxygens (including phenoxy) is 2. The molecular formula is C22H19N2O5-. The van der Waals surface area contributed by atoms with Gasteiger partial charge in [-0.15, -0.1) is 0 Å². The fourth-order valence-electron chi connectivity index (χ4n) is 3.04. The minimum Gasteiger partial charge on any atom is -0.545 e. The van der Waals surface area contributed by atoms with Gasteiger partial charge < -0.3 is 24.7 Å². The van der Waals surface area contributed by atoms with E-state index < -0.39 is 11.9 Å². The molecule has 0 unspecified atom stereocenters. The number of carboxylic acids is 1. The fraction of sp³-hybridized carbons (Fsp3) is 0.227. The first-order chi connectivity index (χ1) is 13.9. The molecule has 7 heteroatoms. The third kappa shape index (κ3) is 4.55. The summed E-state index contributed by atoms with van der Waals surface area (Å²) in [5, 5.41) is 22.9. The van der Waals surface area contributed by atoms with Crippen LogP contribution in [-0.2, 0) is 11.2 Å². The molecule has 2 aromatic rings. The van der Waals surface area contributed by atoms with E-state index in [4.69, 9.17) is 9.47 Å². The maximum atomic E-state index is 12.5. The number of carboxylic acid groups (broad SMARTS) is 1. The first kappa shape index (κ1) is 20.0. The number of nitriles is 1. The summed E-state index contributed by atoms with van der Waals surface area (Å²) in [7, 11) is 0. The Hall–Kier alpha value is -3.79. The third-order valence-corrected chi connectivity index (χ3v) is 4.37. The third-order valence-electron chi connectivity index (χ3n) is 4.37. The molecule has 3 rings (SSSR count). The first-order valence-electron chi connectivity index (χ1n) is 9.12. The fourth-order valence-corrected chi connectivity index (χ4v) is 3.04. The van der Waals surface area contributed by atoms with Crippen LogP contribution in [0.15, 0.2) is 42.0 Å². The molecule has 0 spiro atoms. The Kier molecular flexibility index (Phi) is 5.84. The van der Waals surface area contributed by atoms with Crippen LogP contribution in [0.4, 0.5) is 5.69 Å². The predicted molar refractivity (Wildman–Crippen MR) is 104 cm³/mol. The standard InChI is InChI=1S/C22H20N2O5/c1-3-28-19-10-15-8-13(2)29-20(15)11-16(19)9-17(12-23)21(25)24-18-6-4-14(5-7-18)22(26)27/h4-7,9-11,13H,3,8H2,1-2H3,(H,24,25)(H,26,27)/p-1/b17-9+/t13-/m1/s1. The maximum absolute atomic E-state index is 12.5. The quantitative estimate of drug-likeness (QED) is 0.597. The Morgan fingerprint density at radius 2 is 2.07 bits per heavy atom. The van der Waals surface area contributed by atoms with Gasteiger partial charge in [-0.05, 0) is 49.8 Å². The molecule has 1 aliphatic rings. The molecule has 0 radical (unpaired) electrons. The van der Waals surface area contributed by atoms with Crippen molar-refractivity contribution >= 4 is 23.6 Å². The number of hydrogen-bond acceptors (Lipinski definition) is 6. The van der Waals surface area contributed by atoms with Crippen molar-refractivity contribution < 1.29 is 24.2 Å². The molecule has 1 N–H and O–H groups in total. The van der Waals surface area contributed by atoms with Crippen molar-refractivity contribution in [3.8, 4) is 17.6 Å². The topological polar surface area (TPSA) is 111 Å². The number of rotatable bonds is 6. The van der Waals surface area contributed by atoms with Gasteiger partial charge in [0.25, 0.3) is 5.91 Å². The van der Waals surface area contributed by atoms with Crippen LogP contribution < -0.4 is 19.9 Å². The summed E-state index contributed by atoms with van der Waals surface area (Å²) in [4.78, 5) is 23.3. The van der Waals surface area contributed by atoms with Crippen molar-refractivity contribution in [2.45, 2.75) is 26.4 Å². The van der Waals surface area contributed by atoms with E-state index in [1.807, 2.05) is 26.0 Å². The molecule has 7 nitrogen and oxygen atoms in total. The molecule has 2 aromatic carbocycles. The molecule has 0 aliphatic carbocycles. The highest BCUT2D eigenvalue weighted by molar-refractivity contribution is 6.10. The summed E-state index contributed by atoms with van der Waals surface area (Å²) in [6, 6.07) is 11.0. The Bertz CT molecular complexity index is 1020. The van der Waals surface area contributed by atoms with Gasteiger partial charge >= 0.3 is 0 Å². The number of anilines is 1. The van der Waals surface area contributed by atoms with E-state index in [-0.39, 0.29) is 17.2 Å². The zero-order valence-corrected chi connectivity index (χ0v) is 16.0. The van der Waals surface area contributed by atoms with E-state index in [9.17, 15) is 20.0 Å². The number of amides is 1. The zero-order valence-electron chi connectivity index (χ0n) is 16.0. The second-order valence-electron chi connectivity index (χ2n) is 6.55. The van der Waals surface area contributed by atoms with Crippen molar-refractivity contribution in [3.63, 3.8) is 0 Å². The maximum Gasteiger partial charge on any atom is 0.266 e. The SMILES string of the molecule is CCOc1cc2c(cc1/C=C(\C#N)C(=O)Nc1ccc(C(=O)[O-])cc1)O[C@H](C)C2. The lowest BCUT2D eigenvalue weighted by Gasteiger charge is -2.11. The van der Waals surface area contributed by atoms with Gasteiger partial charge in [0, 0.05) is 23.2 Å². The lowest BCUT2D eigenvalue weighted by Crippen LogP contribution is -2.22. The van der Waals surface area contributed by atoms with E-state index in [0.717, 1.165) is 12.0 Å². The lowest BCUT2D eigenvalue weighted by atomic mass is 10.0. The second kappa shape index (κ2) is 8.48. The van der Waals surface area contributed by atoms with Crippen LogP contribution in [0.2, 0.25) is 0 Å². The minimum absolute atomic E-state index is 0.00669. The first-order valence-corrected chi connectivity index (χ1v) is 9.12. The van der Waals surface area contributed by atoms with Gasteiger partial charge in [0.05, 0.1) is 12.6 Å². The number of benzene rings is 2. The van der Waals surface area contributed by atoms with E-state index in [2.05, 4.69) is 5.32 Å². The van der Waals surface area contributed by atoms with Crippen LogP contribution in [0, 0.1) is 11.3 Å². The molecule has 148 valence electrons. The summed E-state index contributed by atoms with van der Waals surface area (Å²) >= 11 is 0. The van der Waals surface area contributed by atoms with Gasteiger partial charge in [0.2, 0.25) is 0 Å². The Morgan fingerprint density at radius 1 is 1.34 bits per heavy atom. The molecule has 29 heavy (non-hydrogen) atoms. The van der Waals surface area contributed by atoms with Gasteiger partial charge in [0.15, 0.2) is 0 Å². The number of aromatic carboxylic acids is 1. The predicted octanol–water partition coefficient (Wildman–Crippen LogP) is 2.32. The summed E-state index contributed by atoms with van der Waals surface area (Å²) in [6.45, 7) is 4.26. The minimum atomic E-state index is -1.31. The number of nitrogens with one attached hydrogen (secondary N) is 1. The van der Waals surface area contributed by atoms with Crippen LogP contribution in [0.25, 0.3) is 6.08 Å². The molecule has 0 fully saturated rings. The molecular weight excluding hydrogens is 372 g/mol. The van der Waals surface area contributed by atoms with Crippen molar-refractivity contribution in [2.75, 3.05) is 11.9 Å². The molecule has 1 aliphatic heterocycles. The summed E-state index contributed by atoms with van der Waals surface area (Å²) in [5.41, 5.74) is 1.82.